The fraction of sp³-hybridized carbons (Fsp3) is 0.727. The van der Waals surface area contributed by atoms with Gasteiger partial charge in [-0.3, -0.25) is 4.68 Å². The van der Waals surface area contributed by atoms with Gasteiger partial charge in [0.05, 0.1) is 11.8 Å². The maximum Gasteiger partial charge on any atom is 0.0812 e. The highest BCUT2D eigenvalue weighted by atomic mass is 32.2. The van der Waals surface area contributed by atoms with Crippen molar-refractivity contribution in [2.45, 2.75) is 44.1 Å². The van der Waals surface area contributed by atoms with Gasteiger partial charge in [0.15, 0.2) is 0 Å². The van der Waals surface area contributed by atoms with Gasteiger partial charge in [-0.25, -0.2) is 0 Å². The van der Waals surface area contributed by atoms with E-state index >= 15 is 0 Å². The molecule has 0 spiro atoms. The summed E-state index contributed by atoms with van der Waals surface area (Å²) in [6, 6.07) is 0. The van der Waals surface area contributed by atoms with Crippen LogP contribution in [0.2, 0.25) is 0 Å². The Morgan fingerprint density at radius 2 is 2.53 bits per heavy atom. The summed E-state index contributed by atoms with van der Waals surface area (Å²) >= 11 is 1.86. The maximum absolute atomic E-state index is 10.4. The summed E-state index contributed by atoms with van der Waals surface area (Å²) < 4.78 is 1.91. The number of aliphatic hydroxyl groups is 1. The molecule has 1 saturated heterocycles. The van der Waals surface area contributed by atoms with Gasteiger partial charge >= 0.3 is 0 Å². The quantitative estimate of drug-likeness (QED) is 0.852. The molecule has 2 rings (SSSR count). The summed E-state index contributed by atoms with van der Waals surface area (Å²) in [7, 11) is 0. The maximum atomic E-state index is 10.4. The standard InChI is InChI=1S/C11H18N2OS/c1-3-13-8-10(7-12-13)6-11(14)4-5-15-9(11)2/h7-9,14H,3-6H2,1-2H3. The second kappa shape index (κ2) is 4.18. The van der Waals surface area contributed by atoms with Gasteiger partial charge in [-0.1, -0.05) is 6.92 Å². The van der Waals surface area contributed by atoms with E-state index in [9.17, 15) is 5.11 Å². The van der Waals surface area contributed by atoms with Gasteiger partial charge in [0.25, 0.3) is 0 Å². The van der Waals surface area contributed by atoms with E-state index in [0.717, 1.165) is 30.7 Å². The summed E-state index contributed by atoms with van der Waals surface area (Å²) in [5, 5.41) is 15.0. The highest BCUT2D eigenvalue weighted by Gasteiger charge is 2.39. The molecule has 1 fully saturated rings. The molecule has 1 aromatic heterocycles. The smallest absolute Gasteiger partial charge is 0.0812 e. The summed E-state index contributed by atoms with van der Waals surface area (Å²) in [6.07, 6.45) is 5.54. The first-order valence-corrected chi connectivity index (χ1v) is 6.54. The zero-order chi connectivity index (χ0) is 10.9. The summed E-state index contributed by atoms with van der Waals surface area (Å²) in [4.78, 5) is 0. The molecule has 0 radical (unpaired) electrons. The van der Waals surface area contributed by atoms with Crippen LogP contribution in [0.5, 0.6) is 0 Å². The van der Waals surface area contributed by atoms with Crippen molar-refractivity contribution in [3.05, 3.63) is 18.0 Å². The molecule has 0 saturated carbocycles. The van der Waals surface area contributed by atoms with Crippen LogP contribution in [0.15, 0.2) is 12.4 Å². The fourth-order valence-corrected chi connectivity index (χ4v) is 3.36. The third-order valence-corrected chi connectivity index (χ3v) is 4.56. The number of aromatic nitrogens is 2. The molecule has 1 aliphatic heterocycles. The Bertz CT molecular complexity index is 339. The summed E-state index contributed by atoms with van der Waals surface area (Å²) in [5.74, 6) is 1.07. The Morgan fingerprint density at radius 3 is 3.07 bits per heavy atom. The Kier molecular flexibility index (Phi) is 3.07. The minimum atomic E-state index is -0.522. The number of nitrogens with zero attached hydrogens (tertiary/aromatic N) is 2. The second-order valence-electron chi connectivity index (χ2n) is 4.25. The largest absolute Gasteiger partial charge is 0.388 e. The van der Waals surface area contributed by atoms with Crippen molar-refractivity contribution < 1.29 is 5.11 Å². The molecule has 2 heterocycles. The Morgan fingerprint density at radius 1 is 1.73 bits per heavy atom. The third-order valence-electron chi connectivity index (χ3n) is 3.18. The van der Waals surface area contributed by atoms with Crippen LogP contribution in [0.1, 0.15) is 25.8 Å². The lowest BCUT2D eigenvalue weighted by Crippen LogP contribution is -2.36. The summed E-state index contributed by atoms with van der Waals surface area (Å²) in [6.45, 7) is 5.07. The molecule has 1 aromatic rings. The molecule has 2 unspecified atom stereocenters. The van der Waals surface area contributed by atoms with Crippen molar-refractivity contribution in [1.82, 2.24) is 9.78 Å². The number of thioether (sulfide) groups is 1. The second-order valence-corrected chi connectivity index (χ2v) is 5.70. The van der Waals surface area contributed by atoms with Gasteiger partial charge in [-0.2, -0.15) is 16.9 Å². The molecular formula is C11H18N2OS. The van der Waals surface area contributed by atoms with E-state index in [1.165, 1.54) is 0 Å². The molecule has 0 amide bonds. The van der Waals surface area contributed by atoms with Crippen molar-refractivity contribution in [3.8, 4) is 0 Å². The minimum Gasteiger partial charge on any atom is -0.388 e. The molecule has 15 heavy (non-hydrogen) atoms. The number of hydrogen-bond donors (Lipinski definition) is 1. The van der Waals surface area contributed by atoms with Crippen molar-refractivity contribution in [2.75, 3.05) is 5.75 Å². The zero-order valence-electron chi connectivity index (χ0n) is 9.31. The van der Waals surface area contributed by atoms with Crippen molar-refractivity contribution >= 4 is 11.8 Å². The number of rotatable bonds is 3. The molecule has 0 aromatic carbocycles. The molecule has 3 nitrogen and oxygen atoms in total. The molecule has 2 atom stereocenters. The molecule has 4 heteroatoms. The minimum absolute atomic E-state index is 0.336. The van der Waals surface area contributed by atoms with Gasteiger partial charge in [0.1, 0.15) is 0 Å². The van der Waals surface area contributed by atoms with E-state index in [4.69, 9.17) is 0 Å². The molecule has 1 N–H and O–H groups in total. The van der Waals surface area contributed by atoms with E-state index in [2.05, 4.69) is 18.9 Å². The average molecular weight is 226 g/mol. The van der Waals surface area contributed by atoms with Gasteiger partial charge in [0, 0.05) is 24.4 Å². The first-order valence-electron chi connectivity index (χ1n) is 5.49. The Balaban J connectivity index is 2.07. The van der Waals surface area contributed by atoms with Gasteiger partial charge in [0.2, 0.25) is 0 Å². The van der Waals surface area contributed by atoms with E-state index in [1.54, 1.807) is 0 Å². The van der Waals surface area contributed by atoms with Crippen LogP contribution in [0.25, 0.3) is 0 Å². The molecule has 0 aliphatic carbocycles. The number of hydrogen-bond acceptors (Lipinski definition) is 3. The third kappa shape index (κ3) is 2.21. The Hall–Kier alpha value is -0.480. The van der Waals surface area contributed by atoms with Crippen molar-refractivity contribution in [2.24, 2.45) is 0 Å². The van der Waals surface area contributed by atoms with Gasteiger partial charge in [-0.05, 0) is 24.7 Å². The predicted octanol–water partition coefficient (Wildman–Crippen LogP) is 1.70. The van der Waals surface area contributed by atoms with E-state index in [1.807, 2.05) is 28.8 Å². The van der Waals surface area contributed by atoms with Crippen molar-refractivity contribution in [1.29, 1.82) is 0 Å². The highest BCUT2D eigenvalue weighted by molar-refractivity contribution is 8.00. The molecule has 1 aliphatic rings. The van der Waals surface area contributed by atoms with Crippen molar-refractivity contribution in [3.63, 3.8) is 0 Å². The van der Waals surface area contributed by atoms with Crippen LogP contribution in [-0.4, -0.2) is 31.5 Å². The molecule has 0 bridgehead atoms. The topological polar surface area (TPSA) is 38.0 Å². The van der Waals surface area contributed by atoms with Gasteiger partial charge < -0.3 is 5.11 Å². The van der Waals surface area contributed by atoms with E-state index < -0.39 is 5.60 Å². The van der Waals surface area contributed by atoms with Crippen LogP contribution in [0, 0.1) is 0 Å². The average Bonchev–Trinajstić information content (AvgIpc) is 2.76. The zero-order valence-corrected chi connectivity index (χ0v) is 10.1. The molecular weight excluding hydrogens is 208 g/mol. The number of aryl methyl sites for hydroxylation is 1. The first kappa shape index (κ1) is 11.0. The predicted molar refractivity (Wildman–Crippen MR) is 63.1 cm³/mol. The van der Waals surface area contributed by atoms with Crippen LogP contribution in [-0.2, 0) is 13.0 Å². The molecule has 84 valence electrons. The van der Waals surface area contributed by atoms with E-state index in [-0.39, 0.29) is 0 Å². The van der Waals surface area contributed by atoms with Crippen LogP contribution >= 0.6 is 11.8 Å². The van der Waals surface area contributed by atoms with Crippen LogP contribution in [0.3, 0.4) is 0 Å². The Labute approximate surface area is 94.9 Å². The lowest BCUT2D eigenvalue weighted by molar-refractivity contribution is 0.0464. The normalized spacial score (nSPS) is 31.0. The van der Waals surface area contributed by atoms with Gasteiger partial charge in [-0.15, -0.1) is 0 Å². The first-order chi connectivity index (χ1) is 7.14. The van der Waals surface area contributed by atoms with Crippen LogP contribution in [0.4, 0.5) is 0 Å². The summed E-state index contributed by atoms with van der Waals surface area (Å²) in [5.41, 5.74) is 0.625. The SMILES string of the molecule is CCn1cc(CC2(O)CCSC2C)cn1. The monoisotopic (exact) mass is 226 g/mol. The lowest BCUT2D eigenvalue weighted by atomic mass is 9.91. The van der Waals surface area contributed by atoms with E-state index in [0.29, 0.717) is 5.25 Å². The highest BCUT2D eigenvalue weighted by Crippen LogP contribution is 2.37. The van der Waals surface area contributed by atoms with Crippen LogP contribution < -0.4 is 0 Å². The fourth-order valence-electron chi connectivity index (χ4n) is 2.03. The lowest BCUT2D eigenvalue weighted by Gasteiger charge is -2.26.